The highest BCUT2D eigenvalue weighted by Gasteiger charge is 2.52. The molecule has 4 rings (SSSR count). The molecule has 44 heavy (non-hydrogen) atoms. The Labute approximate surface area is 255 Å². The number of hydrogen-bond donors (Lipinski definition) is 4. The fourth-order valence-corrected chi connectivity index (χ4v) is 6.45. The number of aryl methyl sites for hydroxylation is 2. The van der Waals surface area contributed by atoms with Gasteiger partial charge in [-0.3, -0.25) is 19.2 Å². The third kappa shape index (κ3) is 6.14. The second kappa shape index (κ2) is 13.1. The smallest absolute Gasteiger partial charge is 0.311 e. The number of nitrogens with zero attached hydrogens (tertiary/aromatic N) is 2. The van der Waals surface area contributed by atoms with Crippen LogP contribution in [0, 0.1) is 25.1 Å². The minimum absolute atomic E-state index is 0.127. The standard InChI is InChI=1S/C33H39FN4O6/c1-6-33(7-2,32(43)44)27-14-13-26(21-9-8-10-23(34)17-21)38(27)31(42)20(5)35-29(40)22-11-12-24(18(3)15-22)28(39)25-16-19(4)36-37-30(25)41/h8-12,15-17,20,26-28,39H,6-7,13-14H2,1-5H3,(H,35,40)(H,37,41)(H,43,44)/t20-,26+,27-,28?/m1/s1. The number of carbonyl (C=O) groups excluding carboxylic acids is 2. The van der Waals surface area contributed by atoms with Gasteiger partial charge in [0, 0.05) is 11.6 Å². The van der Waals surface area contributed by atoms with Gasteiger partial charge in [-0.05, 0) is 93.5 Å². The quantitative estimate of drug-likeness (QED) is 0.268. The molecule has 0 spiro atoms. The van der Waals surface area contributed by atoms with E-state index in [9.17, 15) is 33.8 Å². The van der Waals surface area contributed by atoms with Crippen molar-refractivity contribution < 1.29 is 29.0 Å². The topological polar surface area (TPSA) is 153 Å². The highest BCUT2D eigenvalue weighted by molar-refractivity contribution is 5.98. The predicted octanol–water partition coefficient (Wildman–Crippen LogP) is 4.35. The number of amides is 2. The highest BCUT2D eigenvalue weighted by Crippen LogP contribution is 2.47. The second-order valence-electron chi connectivity index (χ2n) is 11.5. The van der Waals surface area contributed by atoms with Gasteiger partial charge in [0.1, 0.15) is 18.0 Å². The highest BCUT2D eigenvalue weighted by atomic mass is 19.1. The van der Waals surface area contributed by atoms with Gasteiger partial charge in [-0.2, -0.15) is 5.10 Å². The Morgan fingerprint density at radius 1 is 1.09 bits per heavy atom. The van der Waals surface area contributed by atoms with Gasteiger partial charge in [0.15, 0.2) is 0 Å². The summed E-state index contributed by atoms with van der Waals surface area (Å²) in [4.78, 5) is 53.8. The number of likely N-dealkylation sites (tertiary alicyclic amines) is 1. The van der Waals surface area contributed by atoms with Crippen molar-refractivity contribution in [1.82, 2.24) is 20.4 Å². The van der Waals surface area contributed by atoms with E-state index in [1.807, 2.05) is 0 Å². The number of aromatic nitrogens is 2. The first-order valence-electron chi connectivity index (χ1n) is 14.8. The van der Waals surface area contributed by atoms with Gasteiger partial charge >= 0.3 is 5.97 Å². The summed E-state index contributed by atoms with van der Waals surface area (Å²) in [6.45, 7) is 8.50. The Bertz CT molecular complexity index is 1620. The first kappa shape index (κ1) is 32.5. The zero-order chi connectivity index (χ0) is 32.3. The largest absolute Gasteiger partial charge is 0.481 e. The molecule has 234 valence electrons. The summed E-state index contributed by atoms with van der Waals surface area (Å²) in [6, 6.07) is 9.83. The number of carboxylic acids is 1. The SMILES string of the molecule is CCC(CC)(C(=O)O)[C@H]1CC[C@@H](c2cccc(F)c2)N1C(=O)[C@@H](C)NC(=O)c1ccc(C(O)c2cc(C)n[nH]c2=O)c(C)c1. The molecule has 2 aromatic carbocycles. The third-order valence-electron chi connectivity index (χ3n) is 9.00. The van der Waals surface area contributed by atoms with Crippen LogP contribution in [0.4, 0.5) is 4.39 Å². The number of nitrogens with one attached hydrogen (secondary N) is 2. The molecule has 10 nitrogen and oxygen atoms in total. The third-order valence-corrected chi connectivity index (χ3v) is 9.00. The van der Waals surface area contributed by atoms with Gasteiger partial charge in [0.25, 0.3) is 11.5 Å². The average molecular weight is 607 g/mol. The molecular formula is C33H39FN4O6. The number of carbonyl (C=O) groups is 3. The second-order valence-corrected chi connectivity index (χ2v) is 11.5. The lowest BCUT2D eigenvalue weighted by atomic mass is 9.74. The molecule has 4 N–H and O–H groups in total. The molecule has 1 unspecified atom stereocenters. The Morgan fingerprint density at radius 3 is 2.41 bits per heavy atom. The van der Waals surface area contributed by atoms with Crippen molar-refractivity contribution in [3.63, 3.8) is 0 Å². The van der Waals surface area contributed by atoms with Crippen molar-refractivity contribution >= 4 is 17.8 Å². The van der Waals surface area contributed by atoms with Crippen LogP contribution in [0.15, 0.2) is 53.3 Å². The van der Waals surface area contributed by atoms with Gasteiger partial charge in [-0.1, -0.05) is 32.0 Å². The molecule has 2 amide bonds. The summed E-state index contributed by atoms with van der Waals surface area (Å²) in [6.07, 6.45) is 0.234. The molecule has 1 aliphatic rings. The van der Waals surface area contributed by atoms with E-state index in [-0.39, 0.29) is 11.1 Å². The number of aliphatic hydroxyl groups excluding tert-OH is 1. The van der Waals surface area contributed by atoms with Crippen molar-refractivity contribution in [2.45, 2.75) is 84.5 Å². The summed E-state index contributed by atoms with van der Waals surface area (Å²) in [5, 5.41) is 30.1. The fourth-order valence-electron chi connectivity index (χ4n) is 6.45. The summed E-state index contributed by atoms with van der Waals surface area (Å²) >= 11 is 0. The molecular weight excluding hydrogens is 567 g/mol. The van der Waals surface area contributed by atoms with Crippen LogP contribution in [0.5, 0.6) is 0 Å². The van der Waals surface area contributed by atoms with E-state index in [4.69, 9.17) is 0 Å². The van der Waals surface area contributed by atoms with Crippen molar-refractivity contribution in [3.8, 4) is 0 Å². The number of hydrogen-bond acceptors (Lipinski definition) is 6. The lowest BCUT2D eigenvalue weighted by Gasteiger charge is -2.42. The van der Waals surface area contributed by atoms with Gasteiger partial charge in [-0.15, -0.1) is 0 Å². The van der Waals surface area contributed by atoms with Crippen molar-refractivity contribution in [3.05, 3.63) is 98.2 Å². The number of aromatic amines is 1. The van der Waals surface area contributed by atoms with Crippen LogP contribution in [0.25, 0.3) is 0 Å². The van der Waals surface area contributed by atoms with Crippen molar-refractivity contribution in [2.75, 3.05) is 0 Å². The van der Waals surface area contributed by atoms with Gasteiger partial charge in [-0.25, -0.2) is 9.49 Å². The maximum absolute atomic E-state index is 14.2. The number of carboxylic acid groups (broad SMARTS) is 1. The van der Waals surface area contributed by atoms with E-state index in [0.717, 1.165) is 0 Å². The molecule has 0 aliphatic carbocycles. The van der Waals surface area contributed by atoms with E-state index in [1.54, 1.807) is 63.8 Å². The predicted molar refractivity (Wildman–Crippen MR) is 161 cm³/mol. The average Bonchev–Trinajstić information content (AvgIpc) is 3.43. The Kier molecular flexibility index (Phi) is 9.68. The van der Waals surface area contributed by atoms with Gasteiger partial charge in [0.2, 0.25) is 5.91 Å². The summed E-state index contributed by atoms with van der Waals surface area (Å²) in [5.74, 6) is -2.45. The summed E-state index contributed by atoms with van der Waals surface area (Å²) in [7, 11) is 0. The van der Waals surface area contributed by atoms with E-state index in [1.165, 1.54) is 24.3 Å². The molecule has 0 bridgehead atoms. The normalized spacial score (nSPS) is 18.1. The zero-order valence-electron chi connectivity index (χ0n) is 25.6. The lowest BCUT2D eigenvalue weighted by molar-refractivity contribution is -0.157. The minimum Gasteiger partial charge on any atom is -0.481 e. The van der Waals surface area contributed by atoms with Gasteiger partial charge in [0.05, 0.1) is 22.7 Å². The zero-order valence-corrected chi connectivity index (χ0v) is 25.6. The first-order valence-corrected chi connectivity index (χ1v) is 14.8. The number of rotatable bonds is 10. The Morgan fingerprint density at radius 2 is 1.80 bits per heavy atom. The monoisotopic (exact) mass is 606 g/mol. The molecule has 2 heterocycles. The maximum atomic E-state index is 14.2. The molecule has 0 saturated carbocycles. The van der Waals surface area contributed by atoms with E-state index in [0.29, 0.717) is 48.1 Å². The van der Waals surface area contributed by atoms with Crippen LogP contribution in [0.1, 0.15) is 96.9 Å². The first-order chi connectivity index (χ1) is 20.8. The fraction of sp³-hybridized carbons (Fsp3) is 0.424. The van der Waals surface area contributed by atoms with Crippen LogP contribution in [-0.4, -0.2) is 55.2 Å². The molecule has 1 aromatic heterocycles. The number of benzene rings is 2. The van der Waals surface area contributed by atoms with Crippen LogP contribution >= 0.6 is 0 Å². The van der Waals surface area contributed by atoms with E-state index >= 15 is 0 Å². The van der Waals surface area contributed by atoms with Crippen molar-refractivity contribution in [1.29, 1.82) is 0 Å². The Hall–Kier alpha value is -4.38. The van der Waals surface area contributed by atoms with Crippen LogP contribution < -0.4 is 10.9 Å². The summed E-state index contributed by atoms with van der Waals surface area (Å²) < 4.78 is 14.2. The molecule has 0 radical (unpaired) electrons. The number of H-pyrrole nitrogens is 1. The molecule has 4 atom stereocenters. The van der Waals surface area contributed by atoms with Gasteiger partial charge < -0.3 is 20.4 Å². The van der Waals surface area contributed by atoms with E-state index < -0.39 is 58.8 Å². The van der Waals surface area contributed by atoms with Crippen LogP contribution in [-0.2, 0) is 9.59 Å². The van der Waals surface area contributed by atoms with Crippen molar-refractivity contribution in [2.24, 2.45) is 5.41 Å². The number of halogens is 1. The maximum Gasteiger partial charge on any atom is 0.311 e. The molecule has 1 fully saturated rings. The number of aliphatic hydroxyl groups is 1. The minimum atomic E-state index is -1.24. The number of aliphatic carboxylic acids is 1. The molecule has 1 aliphatic heterocycles. The van der Waals surface area contributed by atoms with Crippen LogP contribution in [0.3, 0.4) is 0 Å². The molecule has 11 heteroatoms. The van der Waals surface area contributed by atoms with E-state index in [2.05, 4.69) is 15.5 Å². The molecule has 1 saturated heterocycles. The Balaban J connectivity index is 1.60. The lowest BCUT2D eigenvalue weighted by Crippen LogP contribution is -2.55. The molecule has 3 aromatic rings. The van der Waals surface area contributed by atoms with Crippen LogP contribution in [0.2, 0.25) is 0 Å². The summed E-state index contributed by atoms with van der Waals surface area (Å²) in [5.41, 5.74) is 0.727.